The number of methoxy groups -OCH3 is 1. The maximum atomic E-state index is 5.56. The normalized spacial score (nSPS) is 9.55. The molecule has 2 aromatic carbocycles. The van der Waals surface area contributed by atoms with Gasteiger partial charge in [-0.25, -0.2) is 0 Å². The van der Waals surface area contributed by atoms with Crippen LogP contribution in [0, 0.1) is 6.92 Å². The van der Waals surface area contributed by atoms with Crippen molar-refractivity contribution in [2.24, 2.45) is 0 Å². The van der Waals surface area contributed by atoms with Crippen LogP contribution < -0.4 is 10.5 Å². The van der Waals surface area contributed by atoms with E-state index in [1.54, 1.807) is 7.11 Å². The summed E-state index contributed by atoms with van der Waals surface area (Å²) in [5.41, 5.74) is 9.06. The second-order valence-corrected chi connectivity index (χ2v) is 4.86. The highest BCUT2D eigenvalue weighted by atomic mass is 16.5. The first-order chi connectivity index (χ1) is 9.65. The fourth-order valence-corrected chi connectivity index (χ4v) is 1.74. The maximum absolute atomic E-state index is 5.56. The number of ether oxygens (including phenoxy) is 1. The standard InChI is InChI=1S/C10H15N.C8H10O/c1-2-3-4-9-5-7-10(11)8-6-9;1-7-3-5-8(9-2)6-4-7/h5-8H,2-4,11H2,1H3;3-6H,1-2H3. The van der Waals surface area contributed by atoms with E-state index in [4.69, 9.17) is 10.5 Å². The number of hydrogen-bond donors (Lipinski definition) is 1. The van der Waals surface area contributed by atoms with Gasteiger partial charge in [-0.15, -0.1) is 0 Å². The second-order valence-electron chi connectivity index (χ2n) is 4.86. The summed E-state index contributed by atoms with van der Waals surface area (Å²) in [6, 6.07) is 16.1. The first kappa shape index (κ1) is 16.1. The van der Waals surface area contributed by atoms with E-state index in [0.717, 1.165) is 11.4 Å². The first-order valence-electron chi connectivity index (χ1n) is 7.10. The highest BCUT2D eigenvalue weighted by Gasteiger charge is 1.90. The highest BCUT2D eigenvalue weighted by molar-refractivity contribution is 5.39. The molecule has 0 spiro atoms. The predicted molar refractivity (Wildman–Crippen MR) is 87.2 cm³/mol. The van der Waals surface area contributed by atoms with E-state index in [-0.39, 0.29) is 0 Å². The predicted octanol–water partition coefficient (Wildman–Crippen LogP) is 4.62. The third kappa shape index (κ3) is 6.28. The molecule has 0 radical (unpaired) electrons. The van der Waals surface area contributed by atoms with Crippen molar-refractivity contribution >= 4 is 5.69 Å². The Balaban J connectivity index is 0.000000204. The van der Waals surface area contributed by atoms with Gasteiger partial charge in [0.1, 0.15) is 5.75 Å². The lowest BCUT2D eigenvalue weighted by atomic mass is 10.1. The SMILES string of the molecule is CCCCc1ccc(N)cc1.COc1ccc(C)cc1. The van der Waals surface area contributed by atoms with Gasteiger partial charge in [0, 0.05) is 5.69 Å². The van der Waals surface area contributed by atoms with Crippen molar-refractivity contribution in [3.05, 3.63) is 59.7 Å². The van der Waals surface area contributed by atoms with Gasteiger partial charge in [-0.05, 0) is 49.6 Å². The smallest absolute Gasteiger partial charge is 0.118 e. The molecular formula is C18H25NO. The molecule has 2 N–H and O–H groups in total. The molecule has 0 saturated carbocycles. The molecule has 0 aliphatic carbocycles. The molecule has 108 valence electrons. The number of unbranched alkanes of at least 4 members (excludes halogenated alkanes) is 1. The quantitative estimate of drug-likeness (QED) is 0.824. The van der Waals surface area contributed by atoms with Crippen molar-refractivity contribution in [3.8, 4) is 5.75 Å². The lowest BCUT2D eigenvalue weighted by Gasteiger charge is -1.99. The molecule has 0 fully saturated rings. The molecule has 0 amide bonds. The summed E-state index contributed by atoms with van der Waals surface area (Å²) >= 11 is 0. The van der Waals surface area contributed by atoms with Gasteiger partial charge >= 0.3 is 0 Å². The lowest BCUT2D eigenvalue weighted by molar-refractivity contribution is 0.414. The zero-order chi connectivity index (χ0) is 14.8. The molecule has 0 saturated heterocycles. The molecule has 0 heterocycles. The zero-order valence-electron chi connectivity index (χ0n) is 12.7. The third-order valence-electron chi connectivity index (χ3n) is 3.06. The number of hydrogen-bond acceptors (Lipinski definition) is 2. The minimum Gasteiger partial charge on any atom is -0.497 e. The van der Waals surface area contributed by atoms with Gasteiger partial charge in [0.05, 0.1) is 7.11 Å². The van der Waals surface area contributed by atoms with Crippen LogP contribution in [0.5, 0.6) is 5.75 Å². The van der Waals surface area contributed by atoms with Crippen LogP contribution in [0.3, 0.4) is 0 Å². The molecule has 0 atom stereocenters. The molecule has 0 aromatic heterocycles. The summed E-state index contributed by atoms with van der Waals surface area (Å²) in [5, 5.41) is 0. The van der Waals surface area contributed by atoms with Gasteiger partial charge in [-0.1, -0.05) is 43.2 Å². The van der Waals surface area contributed by atoms with E-state index in [1.165, 1.54) is 30.4 Å². The van der Waals surface area contributed by atoms with Gasteiger partial charge in [0.15, 0.2) is 0 Å². The summed E-state index contributed by atoms with van der Waals surface area (Å²) in [6.45, 7) is 4.26. The average Bonchev–Trinajstić information content (AvgIpc) is 2.48. The van der Waals surface area contributed by atoms with Crippen LogP contribution in [0.25, 0.3) is 0 Å². The molecule has 0 unspecified atom stereocenters. The van der Waals surface area contributed by atoms with E-state index < -0.39 is 0 Å². The summed E-state index contributed by atoms with van der Waals surface area (Å²) < 4.78 is 4.97. The summed E-state index contributed by atoms with van der Waals surface area (Å²) in [4.78, 5) is 0. The number of benzene rings is 2. The fraction of sp³-hybridized carbons (Fsp3) is 0.333. The van der Waals surface area contributed by atoms with Gasteiger partial charge in [0.2, 0.25) is 0 Å². The van der Waals surface area contributed by atoms with Crippen molar-refractivity contribution in [1.82, 2.24) is 0 Å². The van der Waals surface area contributed by atoms with E-state index in [0.29, 0.717) is 0 Å². The van der Waals surface area contributed by atoms with Crippen molar-refractivity contribution in [3.63, 3.8) is 0 Å². The lowest BCUT2D eigenvalue weighted by Crippen LogP contribution is -1.87. The van der Waals surface area contributed by atoms with Gasteiger partial charge in [0.25, 0.3) is 0 Å². The summed E-state index contributed by atoms with van der Waals surface area (Å²) in [7, 11) is 1.67. The van der Waals surface area contributed by atoms with Gasteiger partial charge < -0.3 is 10.5 Å². The summed E-state index contributed by atoms with van der Waals surface area (Å²) in [5.74, 6) is 0.917. The summed E-state index contributed by atoms with van der Waals surface area (Å²) in [6.07, 6.45) is 3.70. The Morgan fingerprint density at radius 2 is 1.55 bits per heavy atom. The monoisotopic (exact) mass is 271 g/mol. The Hall–Kier alpha value is -1.96. The van der Waals surface area contributed by atoms with Gasteiger partial charge in [-0.3, -0.25) is 0 Å². The Morgan fingerprint density at radius 3 is 2.05 bits per heavy atom. The largest absolute Gasteiger partial charge is 0.497 e. The average molecular weight is 271 g/mol. The Bertz CT molecular complexity index is 474. The van der Waals surface area contributed by atoms with Crippen LogP contribution in [-0.2, 0) is 6.42 Å². The molecule has 2 aromatic rings. The third-order valence-corrected chi connectivity index (χ3v) is 3.06. The molecule has 0 aliphatic rings. The molecule has 0 bridgehead atoms. The van der Waals surface area contributed by atoms with E-state index in [2.05, 4.69) is 26.0 Å². The van der Waals surface area contributed by atoms with Crippen LogP contribution >= 0.6 is 0 Å². The fourth-order valence-electron chi connectivity index (χ4n) is 1.74. The number of aryl methyl sites for hydroxylation is 2. The van der Waals surface area contributed by atoms with E-state index in [1.807, 2.05) is 36.4 Å². The molecule has 2 nitrogen and oxygen atoms in total. The molecule has 2 rings (SSSR count). The second kappa shape index (κ2) is 9.03. The molecule has 20 heavy (non-hydrogen) atoms. The van der Waals surface area contributed by atoms with Crippen LogP contribution in [0.4, 0.5) is 5.69 Å². The number of nitrogens with two attached hydrogens (primary N) is 1. The molecule has 2 heteroatoms. The number of rotatable bonds is 4. The number of nitrogen functional groups attached to an aromatic ring is 1. The molecule has 0 aliphatic heterocycles. The van der Waals surface area contributed by atoms with E-state index in [9.17, 15) is 0 Å². The first-order valence-corrected chi connectivity index (χ1v) is 7.10. The van der Waals surface area contributed by atoms with Crippen LogP contribution in [0.2, 0.25) is 0 Å². The molecular weight excluding hydrogens is 246 g/mol. The maximum Gasteiger partial charge on any atom is 0.118 e. The van der Waals surface area contributed by atoms with Gasteiger partial charge in [-0.2, -0.15) is 0 Å². The Morgan fingerprint density at radius 1 is 0.950 bits per heavy atom. The Labute approximate surface area is 122 Å². The van der Waals surface area contributed by atoms with Crippen LogP contribution in [-0.4, -0.2) is 7.11 Å². The van der Waals surface area contributed by atoms with Crippen molar-refractivity contribution in [2.75, 3.05) is 12.8 Å². The van der Waals surface area contributed by atoms with Crippen LogP contribution in [0.15, 0.2) is 48.5 Å². The van der Waals surface area contributed by atoms with Crippen molar-refractivity contribution in [2.45, 2.75) is 33.1 Å². The zero-order valence-corrected chi connectivity index (χ0v) is 12.7. The Kier molecular flexibility index (Phi) is 7.26. The minimum absolute atomic E-state index is 0.852. The van der Waals surface area contributed by atoms with Crippen LogP contribution in [0.1, 0.15) is 30.9 Å². The topological polar surface area (TPSA) is 35.2 Å². The van der Waals surface area contributed by atoms with E-state index >= 15 is 0 Å². The minimum atomic E-state index is 0.852. The van der Waals surface area contributed by atoms with Crippen molar-refractivity contribution < 1.29 is 4.74 Å². The number of anilines is 1. The highest BCUT2D eigenvalue weighted by Crippen LogP contribution is 2.09. The van der Waals surface area contributed by atoms with Crippen molar-refractivity contribution in [1.29, 1.82) is 0 Å².